The molecular weight excluding hydrogens is 436 g/mol. The molecule has 1 heterocycles. The van der Waals surface area contributed by atoms with E-state index >= 15 is 0 Å². The lowest BCUT2D eigenvalue weighted by molar-refractivity contribution is 0.361. The van der Waals surface area contributed by atoms with Crippen LogP contribution >= 0.6 is 24.0 Å². The van der Waals surface area contributed by atoms with Crippen LogP contribution in [0.1, 0.15) is 112 Å². The lowest BCUT2D eigenvalue weighted by atomic mass is 9.66. The number of thiophene rings is 1. The number of allylic oxidation sites excluding steroid dienone is 3. The summed E-state index contributed by atoms with van der Waals surface area (Å²) in [7, 11) is 0. The molecule has 180 valence electrons. The van der Waals surface area contributed by atoms with E-state index in [0.29, 0.717) is 5.92 Å². The number of fused-ring (bicyclic) bond motifs is 1. The lowest BCUT2D eigenvalue weighted by Gasteiger charge is -2.37. The summed E-state index contributed by atoms with van der Waals surface area (Å²) in [6.07, 6.45) is 17.3. The monoisotopic (exact) mass is 480 g/mol. The smallest absolute Gasteiger partial charge is 0.0480 e. The molecule has 0 saturated carbocycles. The van der Waals surface area contributed by atoms with Crippen molar-refractivity contribution in [1.29, 1.82) is 0 Å². The first-order chi connectivity index (χ1) is 16.0. The van der Waals surface area contributed by atoms with E-state index in [1.165, 1.54) is 101 Å². The van der Waals surface area contributed by atoms with Gasteiger partial charge in [-0.05, 0) is 67.4 Å². The second-order valence-electron chi connectivity index (χ2n) is 9.90. The molecule has 0 aliphatic heterocycles. The Morgan fingerprint density at radius 3 is 2.36 bits per heavy atom. The van der Waals surface area contributed by atoms with E-state index < -0.39 is 0 Å². The Kier molecular flexibility index (Phi) is 9.95. The minimum absolute atomic E-state index is 0.0845. The quantitative estimate of drug-likeness (QED) is 0.214. The zero-order valence-electron chi connectivity index (χ0n) is 21.5. The summed E-state index contributed by atoms with van der Waals surface area (Å²) >= 11 is 7.04. The van der Waals surface area contributed by atoms with Crippen molar-refractivity contribution in [2.75, 3.05) is 0 Å². The number of unbranched alkanes of at least 4 members (excludes halogenated alkanes) is 4. The molecule has 2 heteroatoms. The maximum absolute atomic E-state index is 5.12. The molecule has 0 spiro atoms. The van der Waals surface area contributed by atoms with E-state index in [0.717, 1.165) is 0 Å². The van der Waals surface area contributed by atoms with Crippen LogP contribution in [-0.4, -0.2) is 0 Å². The van der Waals surface area contributed by atoms with Gasteiger partial charge < -0.3 is 0 Å². The topological polar surface area (TPSA) is 0 Å². The third kappa shape index (κ3) is 5.70. The van der Waals surface area contributed by atoms with Gasteiger partial charge in [0, 0.05) is 20.1 Å². The van der Waals surface area contributed by atoms with Crippen molar-refractivity contribution in [2.24, 2.45) is 5.92 Å². The molecule has 3 rings (SSSR count). The minimum Gasteiger partial charge on any atom is -0.142 e. The Morgan fingerprint density at radius 2 is 1.73 bits per heavy atom. The Balaban J connectivity index is 2.06. The zero-order valence-corrected chi connectivity index (χ0v) is 23.3. The molecule has 1 aromatic carbocycles. The second-order valence-corrected chi connectivity index (χ2v) is 11.6. The first-order valence-electron chi connectivity index (χ1n) is 13.3. The van der Waals surface area contributed by atoms with Crippen molar-refractivity contribution in [1.82, 2.24) is 0 Å². The second kappa shape index (κ2) is 12.5. The molecular formula is C31H44S2. The predicted molar refractivity (Wildman–Crippen MR) is 153 cm³/mol. The molecule has 0 nitrogen and oxygen atoms in total. The van der Waals surface area contributed by atoms with Gasteiger partial charge in [-0.3, -0.25) is 0 Å². The van der Waals surface area contributed by atoms with Crippen molar-refractivity contribution in [2.45, 2.75) is 104 Å². The number of thiol groups is 1. The van der Waals surface area contributed by atoms with Gasteiger partial charge in [0.15, 0.2) is 0 Å². The summed E-state index contributed by atoms with van der Waals surface area (Å²) in [6.45, 7) is 11.4. The standard InChI is InChI=1S/C31H44S2/c1-6-10-12-13-16-25-17-19-26(20-18-25)31(22-24(9-4)15-11-7-2)27(14-8-3)29(32)30-28(31)21-23(5)33-30/h8,14,17-21,24,32H,6-7,9-13,15-16,22H2,1-5H3. The van der Waals surface area contributed by atoms with Gasteiger partial charge in [-0.1, -0.05) is 102 Å². The highest BCUT2D eigenvalue weighted by molar-refractivity contribution is 7.91. The molecule has 0 bridgehead atoms. The van der Waals surface area contributed by atoms with Crippen molar-refractivity contribution in [3.63, 3.8) is 0 Å². The Labute approximate surface area is 213 Å². The van der Waals surface area contributed by atoms with Crippen LogP contribution < -0.4 is 0 Å². The Bertz CT molecular complexity index is 944. The average Bonchev–Trinajstić information content (AvgIpc) is 3.31. The third-order valence-corrected chi connectivity index (χ3v) is 9.17. The molecule has 0 saturated heterocycles. The summed E-state index contributed by atoms with van der Waals surface area (Å²) in [4.78, 5) is 3.97. The van der Waals surface area contributed by atoms with Gasteiger partial charge in [0.25, 0.3) is 0 Å². The maximum Gasteiger partial charge on any atom is 0.0480 e. The van der Waals surface area contributed by atoms with Gasteiger partial charge >= 0.3 is 0 Å². The predicted octanol–water partition coefficient (Wildman–Crippen LogP) is 10.3. The largest absolute Gasteiger partial charge is 0.142 e. The molecule has 33 heavy (non-hydrogen) atoms. The highest BCUT2D eigenvalue weighted by Gasteiger charge is 2.46. The van der Waals surface area contributed by atoms with Crippen LogP contribution in [0.4, 0.5) is 0 Å². The van der Waals surface area contributed by atoms with Crippen LogP contribution in [-0.2, 0) is 11.8 Å². The van der Waals surface area contributed by atoms with Gasteiger partial charge in [-0.25, -0.2) is 0 Å². The highest BCUT2D eigenvalue weighted by atomic mass is 32.1. The summed E-state index contributed by atoms with van der Waals surface area (Å²) in [5.74, 6) is 0.714. The highest BCUT2D eigenvalue weighted by Crippen LogP contribution is 2.58. The SMILES string of the molecule is CC=CC1=C(S)c2sc(C)cc2C1(CC(CC)CCCC)c1ccc(CCCCCC)cc1. The number of aryl methyl sites for hydroxylation is 2. The van der Waals surface area contributed by atoms with Gasteiger partial charge in [-0.15, -0.1) is 24.0 Å². The molecule has 0 N–H and O–H groups in total. The molecule has 0 radical (unpaired) electrons. The number of benzene rings is 1. The average molecular weight is 481 g/mol. The van der Waals surface area contributed by atoms with E-state index in [4.69, 9.17) is 12.6 Å². The van der Waals surface area contributed by atoms with Crippen molar-refractivity contribution in [3.05, 3.63) is 74.5 Å². The Morgan fingerprint density at radius 1 is 1.00 bits per heavy atom. The van der Waals surface area contributed by atoms with Gasteiger partial charge in [0.1, 0.15) is 0 Å². The summed E-state index contributed by atoms with van der Waals surface area (Å²) in [5, 5.41) is 0. The van der Waals surface area contributed by atoms with Crippen molar-refractivity contribution in [3.8, 4) is 0 Å². The zero-order chi connectivity index (χ0) is 23.8. The molecule has 2 atom stereocenters. The summed E-state index contributed by atoms with van der Waals surface area (Å²) in [6, 6.07) is 12.1. The van der Waals surface area contributed by atoms with Gasteiger partial charge in [0.05, 0.1) is 0 Å². The molecule has 2 unspecified atom stereocenters. The first-order valence-corrected chi connectivity index (χ1v) is 14.5. The Hall–Kier alpha value is -1.25. The molecule has 2 aromatic rings. The summed E-state index contributed by atoms with van der Waals surface area (Å²) in [5.41, 5.74) is 5.74. The molecule has 0 fully saturated rings. The summed E-state index contributed by atoms with van der Waals surface area (Å²) < 4.78 is 0. The number of hydrogen-bond donors (Lipinski definition) is 1. The normalized spacial score (nSPS) is 19.0. The fourth-order valence-corrected chi connectivity index (χ4v) is 7.17. The molecule has 1 aromatic heterocycles. The first kappa shape index (κ1) is 26.4. The van der Waals surface area contributed by atoms with E-state index in [-0.39, 0.29) is 5.41 Å². The third-order valence-electron chi connectivity index (χ3n) is 7.48. The molecule has 1 aliphatic rings. The fourth-order valence-electron chi connectivity index (χ4n) is 5.60. The van der Waals surface area contributed by atoms with Gasteiger partial charge in [0.2, 0.25) is 0 Å². The van der Waals surface area contributed by atoms with E-state index in [2.05, 4.69) is 77.1 Å². The van der Waals surface area contributed by atoms with Crippen molar-refractivity contribution >= 4 is 28.9 Å². The molecule has 1 aliphatic carbocycles. The van der Waals surface area contributed by atoms with Crippen LogP contribution in [0.3, 0.4) is 0 Å². The van der Waals surface area contributed by atoms with Crippen molar-refractivity contribution < 1.29 is 0 Å². The van der Waals surface area contributed by atoms with E-state index in [1.54, 1.807) is 0 Å². The van der Waals surface area contributed by atoms with Crippen LogP contribution in [0, 0.1) is 12.8 Å². The van der Waals surface area contributed by atoms with Crippen LogP contribution in [0.5, 0.6) is 0 Å². The molecule has 0 amide bonds. The van der Waals surface area contributed by atoms with E-state index in [9.17, 15) is 0 Å². The fraction of sp³-hybridized carbons (Fsp3) is 0.548. The van der Waals surface area contributed by atoms with E-state index in [1.807, 2.05) is 11.3 Å². The lowest BCUT2D eigenvalue weighted by Crippen LogP contribution is -2.30. The maximum atomic E-state index is 5.12. The van der Waals surface area contributed by atoms with Crippen LogP contribution in [0.25, 0.3) is 4.91 Å². The minimum atomic E-state index is -0.0845. The number of rotatable bonds is 13. The van der Waals surface area contributed by atoms with Gasteiger partial charge in [-0.2, -0.15) is 0 Å². The number of hydrogen-bond acceptors (Lipinski definition) is 2. The van der Waals surface area contributed by atoms with Crippen LogP contribution in [0.2, 0.25) is 0 Å². The van der Waals surface area contributed by atoms with Crippen LogP contribution in [0.15, 0.2) is 48.1 Å².